The maximum absolute atomic E-state index is 13.2. The van der Waals surface area contributed by atoms with Gasteiger partial charge in [0.25, 0.3) is 6.43 Å². The number of halogens is 3. The van der Waals surface area contributed by atoms with E-state index in [0.29, 0.717) is 16.4 Å². The molecule has 2 aromatic rings. The highest BCUT2D eigenvalue weighted by atomic mass is 35.5. The van der Waals surface area contributed by atoms with E-state index in [9.17, 15) is 8.78 Å². The van der Waals surface area contributed by atoms with Crippen LogP contribution in [-0.4, -0.2) is 7.05 Å². The van der Waals surface area contributed by atoms with Crippen LogP contribution in [-0.2, 0) is 0 Å². The Morgan fingerprint density at radius 1 is 1.10 bits per heavy atom. The minimum atomic E-state index is -2.57. The summed E-state index contributed by atoms with van der Waals surface area (Å²) >= 11 is 5.87. The number of rotatable bonds is 4. The molecule has 0 fully saturated rings. The van der Waals surface area contributed by atoms with E-state index in [0.717, 1.165) is 5.56 Å². The molecule has 0 aromatic heterocycles. The zero-order chi connectivity index (χ0) is 15.6. The lowest BCUT2D eigenvalue weighted by Gasteiger charge is -2.29. The standard InChI is InChI=1S/C16H17ClF2N2/c1-10(11-3-5-12(17)6-4-11)21(2)15-8-7-13(20)9-14(15)16(18)19/h3-10,16H,20H2,1-2H3. The minimum Gasteiger partial charge on any atom is -0.399 e. The van der Waals surface area contributed by atoms with Gasteiger partial charge in [-0.2, -0.15) is 0 Å². The number of hydrogen-bond acceptors (Lipinski definition) is 2. The van der Waals surface area contributed by atoms with Crippen molar-refractivity contribution in [2.45, 2.75) is 19.4 Å². The zero-order valence-corrected chi connectivity index (χ0v) is 12.6. The monoisotopic (exact) mass is 310 g/mol. The number of alkyl halides is 2. The molecule has 0 aliphatic carbocycles. The Bertz CT molecular complexity index is 614. The molecule has 112 valence electrons. The molecule has 2 nitrogen and oxygen atoms in total. The molecular formula is C16H17ClF2N2. The van der Waals surface area contributed by atoms with Crippen molar-refractivity contribution in [2.75, 3.05) is 17.7 Å². The molecule has 0 amide bonds. The highest BCUT2D eigenvalue weighted by Gasteiger charge is 2.20. The maximum atomic E-state index is 13.2. The van der Waals surface area contributed by atoms with Crippen molar-refractivity contribution in [3.63, 3.8) is 0 Å². The van der Waals surface area contributed by atoms with Crippen LogP contribution >= 0.6 is 11.6 Å². The Balaban J connectivity index is 2.35. The van der Waals surface area contributed by atoms with Gasteiger partial charge in [-0.1, -0.05) is 23.7 Å². The first-order valence-corrected chi connectivity index (χ1v) is 6.94. The molecule has 0 spiro atoms. The van der Waals surface area contributed by atoms with Gasteiger partial charge in [0, 0.05) is 29.0 Å². The fourth-order valence-electron chi connectivity index (χ4n) is 2.24. The molecule has 0 aliphatic heterocycles. The third-order valence-electron chi connectivity index (χ3n) is 3.60. The van der Waals surface area contributed by atoms with Gasteiger partial charge in [-0.15, -0.1) is 0 Å². The van der Waals surface area contributed by atoms with Gasteiger partial charge in [-0.25, -0.2) is 8.78 Å². The third kappa shape index (κ3) is 3.45. The summed E-state index contributed by atoms with van der Waals surface area (Å²) in [6.07, 6.45) is -2.57. The molecule has 0 saturated heterocycles. The van der Waals surface area contributed by atoms with E-state index >= 15 is 0 Å². The fourth-order valence-corrected chi connectivity index (χ4v) is 2.37. The summed E-state index contributed by atoms with van der Waals surface area (Å²) in [5.41, 5.74) is 7.35. The van der Waals surface area contributed by atoms with Gasteiger partial charge in [0.1, 0.15) is 0 Å². The van der Waals surface area contributed by atoms with E-state index in [2.05, 4.69) is 0 Å². The Morgan fingerprint density at radius 3 is 2.29 bits per heavy atom. The number of hydrogen-bond donors (Lipinski definition) is 1. The zero-order valence-electron chi connectivity index (χ0n) is 11.9. The predicted octanol–water partition coefficient (Wildman–Crippen LogP) is 5.06. The van der Waals surface area contributed by atoms with Crippen LogP contribution in [0, 0.1) is 0 Å². The van der Waals surface area contributed by atoms with Gasteiger partial charge in [0.05, 0.1) is 6.04 Å². The largest absolute Gasteiger partial charge is 0.399 e. The summed E-state index contributed by atoms with van der Waals surface area (Å²) < 4.78 is 26.4. The van der Waals surface area contributed by atoms with E-state index in [1.54, 1.807) is 31.3 Å². The highest BCUT2D eigenvalue weighted by Crippen LogP contribution is 2.35. The quantitative estimate of drug-likeness (QED) is 0.800. The van der Waals surface area contributed by atoms with Crippen molar-refractivity contribution in [3.8, 4) is 0 Å². The molecule has 2 aromatic carbocycles. The molecule has 0 heterocycles. The first kappa shape index (κ1) is 15.6. The van der Waals surface area contributed by atoms with Crippen molar-refractivity contribution in [1.82, 2.24) is 0 Å². The second-order valence-electron chi connectivity index (χ2n) is 4.96. The lowest BCUT2D eigenvalue weighted by molar-refractivity contribution is 0.152. The molecule has 2 rings (SSSR count). The predicted molar refractivity (Wildman–Crippen MR) is 84.1 cm³/mol. The number of nitrogens with two attached hydrogens (primary N) is 1. The maximum Gasteiger partial charge on any atom is 0.265 e. The SMILES string of the molecule is CC(c1ccc(Cl)cc1)N(C)c1ccc(N)cc1C(F)F. The molecule has 0 radical (unpaired) electrons. The van der Waals surface area contributed by atoms with E-state index in [1.165, 1.54) is 6.07 Å². The van der Waals surface area contributed by atoms with Crippen LogP contribution in [0.5, 0.6) is 0 Å². The molecule has 1 unspecified atom stereocenters. The highest BCUT2D eigenvalue weighted by molar-refractivity contribution is 6.30. The van der Waals surface area contributed by atoms with E-state index in [4.69, 9.17) is 17.3 Å². The molecular weight excluding hydrogens is 294 g/mol. The average molecular weight is 311 g/mol. The topological polar surface area (TPSA) is 29.3 Å². The van der Waals surface area contributed by atoms with Crippen molar-refractivity contribution < 1.29 is 8.78 Å². The number of anilines is 2. The molecule has 2 N–H and O–H groups in total. The number of benzene rings is 2. The van der Waals surface area contributed by atoms with Crippen LogP contribution in [0.4, 0.5) is 20.2 Å². The van der Waals surface area contributed by atoms with Gasteiger partial charge in [0.15, 0.2) is 0 Å². The van der Waals surface area contributed by atoms with E-state index in [1.807, 2.05) is 24.0 Å². The van der Waals surface area contributed by atoms with Gasteiger partial charge in [0.2, 0.25) is 0 Å². The molecule has 5 heteroatoms. The molecule has 0 bridgehead atoms. The average Bonchev–Trinajstić information content (AvgIpc) is 2.46. The second kappa shape index (κ2) is 6.31. The summed E-state index contributed by atoms with van der Waals surface area (Å²) in [7, 11) is 1.79. The van der Waals surface area contributed by atoms with Gasteiger partial charge < -0.3 is 10.6 Å². The molecule has 1 atom stereocenters. The first-order valence-electron chi connectivity index (χ1n) is 6.56. The van der Waals surface area contributed by atoms with Gasteiger partial charge in [-0.3, -0.25) is 0 Å². The molecule has 0 aliphatic rings. The first-order chi connectivity index (χ1) is 9.90. The normalized spacial score (nSPS) is 12.5. The number of nitrogen functional groups attached to an aromatic ring is 1. The molecule has 21 heavy (non-hydrogen) atoms. The van der Waals surface area contributed by atoms with Crippen molar-refractivity contribution in [1.29, 1.82) is 0 Å². The Labute approximate surface area is 128 Å². The number of nitrogens with zero attached hydrogens (tertiary/aromatic N) is 1. The van der Waals surface area contributed by atoms with E-state index < -0.39 is 6.43 Å². The van der Waals surface area contributed by atoms with Crippen LogP contribution in [0.1, 0.15) is 30.5 Å². The van der Waals surface area contributed by atoms with Crippen LogP contribution < -0.4 is 10.6 Å². The van der Waals surface area contributed by atoms with Crippen LogP contribution in [0.25, 0.3) is 0 Å². The van der Waals surface area contributed by atoms with Gasteiger partial charge in [-0.05, 0) is 42.8 Å². The molecule has 0 saturated carbocycles. The lowest BCUT2D eigenvalue weighted by atomic mass is 10.0. The van der Waals surface area contributed by atoms with E-state index in [-0.39, 0.29) is 11.6 Å². The summed E-state index contributed by atoms with van der Waals surface area (Å²) in [5.74, 6) is 0. The van der Waals surface area contributed by atoms with Crippen molar-refractivity contribution >= 4 is 23.0 Å². The summed E-state index contributed by atoms with van der Waals surface area (Å²) in [5, 5.41) is 0.648. The van der Waals surface area contributed by atoms with Crippen molar-refractivity contribution in [3.05, 3.63) is 58.6 Å². The van der Waals surface area contributed by atoms with Gasteiger partial charge >= 0.3 is 0 Å². The smallest absolute Gasteiger partial charge is 0.265 e. The summed E-state index contributed by atoms with van der Waals surface area (Å²) in [6, 6.07) is 11.9. The minimum absolute atomic E-state index is 0.0571. The second-order valence-corrected chi connectivity index (χ2v) is 5.39. The Hall–Kier alpha value is -1.81. The Morgan fingerprint density at radius 2 is 1.71 bits per heavy atom. The fraction of sp³-hybridized carbons (Fsp3) is 0.250. The Kier molecular flexibility index (Phi) is 4.68. The van der Waals surface area contributed by atoms with Crippen LogP contribution in [0.2, 0.25) is 5.02 Å². The van der Waals surface area contributed by atoms with Crippen LogP contribution in [0.3, 0.4) is 0 Å². The summed E-state index contributed by atoms with van der Waals surface area (Å²) in [6.45, 7) is 1.95. The summed E-state index contributed by atoms with van der Waals surface area (Å²) in [4.78, 5) is 1.81. The van der Waals surface area contributed by atoms with Crippen LogP contribution in [0.15, 0.2) is 42.5 Å². The lowest BCUT2D eigenvalue weighted by Crippen LogP contribution is -2.23. The third-order valence-corrected chi connectivity index (χ3v) is 3.85. The van der Waals surface area contributed by atoms with Crippen molar-refractivity contribution in [2.24, 2.45) is 0 Å².